The minimum Gasteiger partial charge on any atom is -0.497 e. The van der Waals surface area contributed by atoms with Crippen molar-refractivity contribution in [2.24, 2.45) is 5.73 Å². The van der Waals surface area contributed by atoms with E-state index in [0.29, 0.717) is 0 Å². The molecule has 2 rings (SSSR count). The van der Waals surface area contributed by atoms with Crippen LogP contribution in [0.2, 0.25) is 0 Å². The SMILES string of the molecule is CCCCCCOc1ccc(CC(c2ccc(OC)cc2)C(C)N)cc1.Cl. The van der Waals surface area contributed by atoms with Crippen LogP contribution in [0.5, 0.6) is 11.5 Å². The van der Waals surface area contributed by atoms with Gasteiger partial charge < -0.3 is 15.2 Å². The van der Waals surface area contributed by atoms with Gasteiger partial charge in [-0.25, -0.2) is 0 Å². The molecule has 2 atom stereocenters. The lowest BCUT2D eigenvalue weighted by Crippen LogP contribution is -2.26. The number of rotatable bonds is 11. The van der Waals surface area contributed by atoms with Crippen molar-refractivity contribution in [3.05, 3.63) is 59.7 Å². The maximum Gasteiger partial charge on any atom is 0.119 e. The Labute approximate surface area is 170 Å². The van der Waals surface area contributed by atoms with Crippen molar-refractivity contribution in [3.8, 4) is 11.5 Å². The number of hydrogen-bond acceptors (Lipinski definition) is 3. The summed E-state index contributed by atoms with van der Waals surface area (Å²) in [7, 11) is 1.69. The zero-order valence-electron chi connectivity index (χ0n) is 16.8. The van der Waals surface area contributed by atoms with Gasteiger partial charge in [0.1, 0.15) is 11.5 Å². The van der Waals surface area contributed by atoms with Crippen molar-refractivity contribution in [1.29, 1.82) is 0 Å². The van der Waals surface area contributed by atoms with Gasteiger partial charge in [0.05, 0.1) is 13.7 Å². The zero-order valence-corrected chi connectivity index (χ0v) is 17.6. The van der Waals surface area contributed by atoms with E-state index in [2.05, 4.69) is 50.2 Å². The molecule has 2 unspecified atom stereocenters. The Morgan fingerprint density at radius 3 is 2.07 bits per heavy atom. The Morgan fingerprint density at radius 1 is 0.889 bits per heavy atom. The third-order valence-corrected chi connectivity index (χ3v) is 4.82. The van der Waals surface area contributed by atoms with Crippen LogP contribution < -0.4 is 15.2 Å². The molecule has 0 radical (unpaired) electrons. The summed E-state index contributed by atoms with van der Waals surface area (Å²) in [5, 5.41) is 0. The first-order valence-corrected chi connectivity index (χ1v) is 9.75. The average molecular weight is 392 g/mol. The lowest BCUT2D eigenvalue weighted by Gasteiger charge is -2.22. The van der Waals surface area contributed by atoms with Gasteiger partial charge in [-0.15, -0.1) is 12.4 Å². The van der Waals surface area contributed by atoms with Crippen LogP contribution in [0.3, 0.4) is 0 Å². The van der Waals surface area contributed by atoms with E-state index in [-0.39, 0.29) is 24.4 Å². The first-order chi connectivity index (χ1) is 12.6. The van der Waals surface area contributed by atoms with E-state index >= 15 is 0 Å². The zero-order chi connectivity index (χ0) is 18.8. The third kappa shape index (κ3) is 7.82. The van der Waals surface area contributed by atoms with E-state index < -0.39 is 0 Å². The van der Waals surface area contributed by atoms with Crippen molar-refractivity contribution in [2.75, 3.05) is 13.7 Å². The molecule has 0 saturated heterocycles. The molecule has 2 N–H and O–H groups in total. The van der Waals surface area contributed by atoms with Gasteiger partial charge in [-0.2, -0.15) is 0 Å². The fraction of sp³-hybridized carbons (Fsp3) is 0.478. The fourth-order valence-corrected chi connectivity index (χ4v) is 3.15. The van der Waals surface area contributed by atoms with Crippen molar-refractivity contribution < 1.29 is 9.47 Å². The van der Waals surface area contributed by atoms with Crippen LogP contribution in [0.4, 0.5) is 0 Å². The van der Waals surface area contributed by atoms with Crippen LogP contribution >= 0.6 is 12.4 Å². The fourth-order valence-electron chi connectivity index (χ4n) is 3.15. The molecule has 0 aliphatic heterocycles. The monoisotopic (exact) mass is 391 g/mol. The first-order valence-electron chi connectivity index (χ1n) is 9.75. The molecule has 0 spiro atoms. The van der Waals surface area contributed by atoms with Crippen LogP contribution in [0.25, 0.3) is 0 Å². The van der Waals surface area contributed by atoms with Gasteiger partial charge in [0.2, 0.25) is 0 Å². The van der Waals surface area contributed by atoms with Gasteiger partial charge in [-0.05, 0) is 55.2 Å². The van der Waals surface area contributed by atoms with Crippen molar-refractivity contribution in [3.63, 3.8) is 0 Å². The summed E-state index contributed by atoms with van der Waals surface area (Å²) < 4.78 is 11.1. The number of unbranched alkanes of at least 4 members (excludes halogenated alkanes) is 3. The summed E-state index contributed by atoms with van der Waals surface area (Å²) in [6, 6.07) is 16.8. The van der Waals surface area contributed by atoms with Crippen molar-refractivity contribution in [2.45, 2.75) is 57.9 Å². The number of hydrogen-bond donors (Lipinski definition) is 1. The topological polar surface area (TPSA) is 44.5 Å². The summed E-state index contributed by atoms with van der Waals surface area (Å²) in [5.74, 6) is 2.10. The highest BCUT2D eigenvalue weighted by molar-refractivity contribution is 5.85. The molecule has 0 amide bonds. The second-order valence-electron chi connectivity index (χ2n) is 7.00. The Morgan fingerprint density at radius 2 is 1.52 bits per heavy atom. The Bertz CT molecular complexity index is 626. The predicted molar refractivity (Wildman–Crippen MR) is 116 cm³/mol. The molecule has 0 aromatic heterocycles. The minimum atomic E-state index is 0. The minimum absolute atomic E-state index is 0. The molecule has 27 heavy (non-hydrogen) atoms. The smallest absolute Gasteiger partial charge is 0.119 e. The van der Waals surface area contributed by atoms with Crippen LogP contribution in [-0.2, 0) is 6.42 Å². The van der Waals surface area contributed by atoms with Gasteiger partial charge in [-0.3, -0.25) is 0 Å². The van der Waals surface area contributed by atoms with Crippen LogP contribution in [0, 0.1) is 0 Å². The van der Waals surface area contributed by atoms with Crippen molar-refractivity contribution >= 4 is 12.4 Å². The molecule has 0 bridgehead atoms. The summed E-state index contributed by atoms with van der Waals surface area (Å²) >= 11 is 0. The highest BCUT2D eigenvalue weighted by Gasteiger charge is 2.17. The first kappa shape index (κ1) is 23.3. The highest BCUT2D eigenvalue weighted by Crippen LogP contribution is 2.26. The van der Waals surface area contributed by atoms with E-state index in [1.807, 2.05) is 12.1 Å². The molecular weight excluding hydrogens is 358 g/mol. The van der Waals surface area contributed by atoms with E-state index in [4.69, 9.17) is 15.2 Å². The van der Waals surface area contributed by atoms with Gasteiger partial charge in [0.15, 0.2) is 0 Å². The molecule has 0 saturated carbocycles. The summed E-state index contributed by atoms with van der Waals surface area (Å²) in [5.41, 5.74) is 8.79. The largest absolute Gasteiger partial charge is 0.497 e. The molecule has 0 aliphatic rings. The maximum absolute atomic E-state index is 6.27. The molecule has 2 aromatic carbocycles. The van der Waals surface area contributed by atoms with Crippen LogP contribution in [0.1, 0.15) is 56.6 Å². The van der Waals surface area contributed by atoms with Gasteiger partial charge in [0, 0.05) is 12.0 Å². The molecule has 150 valence electrons. The molecule has 0 heterocycles. The average Bonchev–Trinajstić information content (AvgIpc) is 2.67. The Kier molecular flexibility index (Phi) is 10.9. The normalized spacial score (nSPS) is 12.7. The molecular formula is C23H34ClNO2. The van der Waals surface area contributed by atoms with E-state index in [1.165, 1.54) is 30.4 Å². The number of methoxy groups -OCH3 is 1. The second-order valence-corrected chi connectivity index (χ2v) is 7.00. The number of halogens is 1. The molecule has 0 aliphatic carbocycles. The second kappa shape index (κ2) is 12.6. The number of benzene rings is 2. The third-order valence-electron chi connectivity index (χ3n) is 4.82. The standard InChI is InChI=1S/C23H33NO2.ClH/c1-4-5-6-7-16-26-22-12-8-19(9-13-22)17-23(18(2)24)20-10-14-21(25-3)15-11-20;/h8-15,18,23H,4-7,16-17,24H2,1-3H3;1H. The van der Waals surface area contributed by atoms with Gasteiger partial charge in [0.25, 0.3) is 0 Å². The molecule has 2 aromatic rings. The molecule has 4 heteroatoms. The molecule has 3 nitrogen and oxygen atoms in total. The van der Waals surface area contributed by atoms with E-state index in [0.717, 1.165) is 30.9 Å². The van der Waals surface area contributed by atoms with E-state index in [1.54, 1.807) is 7.11 Å². The highest BCUT2D eigenvalue weighted by atomic mass is 35.5. The van der Waals surface area contributed by atoms with Crippen molar-refractivity contribution in [1.82, 2.24) is 0 Å². The summed E-state index contributed by atoms with van der Waals surface area (Å²) in [4.78, 5) is 0. The van der Waals surface area contributed by atoms with Gasteiger partial charge >= 0.3 is 0 Å². The summed E-state index contributed by atoms with van der Waals surface area (Å²) in [6.07, 6.45) is 5.82. The number of ether oxygens (including phenoxy) is 2. The Balaban J connectivity index is 0.00000364. The van der Waals surface area contributed by atoms with E-state index in [9.17, 15) is 0 Å². The number of nitrogens with two attached hydrogens (primary N) is 1. The predicted octanol–water partition coefficient (Wildman–Crippen LogP) is 5.75. The lowest BCUT2D eigenvalue weighted by atomic mass is 9.87. The lowest BCUT2D eigenvalue weighted by molar-refractivity contribution is 0.305. The molecule has 0 fully saturated rings. The summed E-state index contributed by atoms with van der Waals surface area (Å²) in [6.45, 7) is 5.09. The quantitative estimate of drug-likeness (QED) is 0.496. The van der Waals surface area contributed by atoms with Gasteiger partial charge in [-0.1, -0.05) is 50.5 Å². The Hall–Kier alpha value is -1.71. The van der Waals surface area contributed by atoms with Crippen LogP contribution in [-0.4, -0.2) is 19.8 Å². The maximum atomic E-state index is 6.27. The van der Waals surface area contributed by atoms with Crippen LogP contribution in [0.15, 0.2) is 48.5 Å².